The van der Waals surface area contributed by atoms with Crippen molar-refractivity contribution in [3.63, 3.8) is 0 Å². The molecule has 0 aromatic heterocycles. The van der Waals surface area contributed by atoms with Gasteiger partial charge in [-0.2, -0.15) is 0 Å². The Morgan fingerprint density at radius 1 is 0.879 bits per heavy atom. The summed E-state index contributed by atoms with van der Waals surface area (Å²) in [4.78, 5) is 16.9. The second-order valence-electron chi connectivity index (χ2n) is 8.00. The number of piperazine rings is 1. The highest BCUT2D eigenvalue weighted by Crippen LogP contribution is 2.39. The molecule has 33 heavy (non-hydrogen) atoms. The summed E-state index contributed by atoms with van der Waals surface area (Å²) >= 11 is 0. The molecule has 2 aromatic carbocycles. The second-order valence-corrected chi connectivity index (χ2v) is 8.00. The van der Waals surface area contributed by atoms with Crippen LogP contribution in [0.4, 0.5) is 0 Å². The highest BCUT2D eigenvalue weighted by molar-refractivity contribution is 5.93. The van der Waals surface area contributed by atoms with Gasteiger partial charge in [-0.1, -0.05) is 24.3 Å². The summed E-state index contributed by atoms with van der Waals surface area (Å²) in [5, 5.41) is 0. The van der Waals surface area contributed by atoms with Crippen LogP contribution in [0.25, 0.3) is 18.2 Å². The molecule has 0 atom stereocenters. The Balaban J connectivity index is 1.35. The predicted molar refractivity (Wildman–Crippen MR) is 126 cm³/mol. The molecule has 7 nitrogen and oxygen atoms in total. The summed E-state index contributed by atoms with van der Waals surface area (Å²) in [6, 6.07) is 9.61. The molecule has 0 N–H and O–H groups in total. The minimum Gasteiger partial charge on any atom is -0.454 e. The summed E-state index contributed by atoms with van der Waals surface area (Å²) in [7, 11) is 0. The van der Waals surface area contributed by atoms with Crippen LogP contribution in [0.15, 0.2) is 49.1 Å². The van der Waals surface area contributed by atoms with Crippen molar-refractivity contribution in [2.75, 3.05) is 46.3 Å². The van der Waals surface area contributed by atoms with Gasteiger partial charge in [0.1, 0.15) is 0 Å². The third-order valence-corrected chi connectivity index (χ3v) is 5.93. The zero-order valence-corrected chi connectivity index (χ0v) is 18.4. The molecule has 1 saturated heterocycles. The molecule has 2 aromatic rings. The Labute approximate surface area is 193 Å². The van der Waals surface area contributed by atoms with Crippen molar-refractivity contribution in [3.8, 4) is 23.0 Å². The molecule has 0 bridgehead atoms. The summed E-state index contributed by atoms with van der Waals surface area (Å²) in [5.41, 5.74) is 2.72. The largest absolute Gasteiger partial charge is 0.454 e. The van der Waals surface area contributed by atoms with E-state index >= 15 is 0 Å². The van der Waals surface area contributed by atoms with Crippen LogP contribution in [0.3, 0.4) is 0 Å². The Bertz CT molecular complexity index is 1120. The van der Waals surface area contributed by atoms with Gasteiger partial charge < -0.3 is 23.8 Å². The van der Waals surface area contributed by atoms with Crippen LogP contribution in [0.5, 0.6) is 23.0 Å². The molecule has 3 aliphatic heterocycles. The summed E-state index contributed by atoms with van der Waals surface area (Å²) in [5.74, 6) is 2.87. The Morgan fingerprint density at radius 2 is 1.64 bits per heavy atom. The quantitative estimate of drug-likeness (QED) is 0.384. The molecular weight excluding hydrogens is 420 g/mol. The van der Waals surface area contributed by atoms with Gasteiger partial charge >= 0.3 is 0 Å². The first kappa shape index (κ1) is 21.2. The van der Waals surface area contributed by atoms with Crippen molar-refractivity contribution in [2.45, 2.75) is 0 Å². The van der Waals surface area contributed by atoms with Crippen molar-refractivity contribution >= 4 is 24.1 Å². The SMILES string of the molecule is C=CCN1CCN(C(=O)/C=C/c2ccc3c(c2/C=C/c2ccc4c(c2)OCO4)OCO3)CC1. The number of nitrogens with zero attached hydrogens (tertiary/aromatic N) is 2. The molecule has 1 amide bonds. The van der Waals surface area contributed by atoms with E-state index in [1.165, 1.54) is 0 Å². The van der Waals surface area contributed by atoms with Crippen LogP contribution in [-0.2, 0) is 4.79 Å². The third kappa shape index (κ3) is 4.59. The molecular formula is C26H26N2O5. The van der Waals surface area contributed by atoms with Crippen LogP contribution in [0.1, 0.15) is 16.7 Å². The van der Waals surface area contributed by atoms with E-state index in [9.17, 15) is 4.79 Å². The first-order valence-corrected chi connectivity index (χ1v) is 11.0. The highest BCUT2D eigenvalue weighted by atomic mass is 16.7. The average molecular weight is 447 g/mol. The van der Waals surface area contributed by atoms with E-state index in [1.807, 2.05) is 59.5 Å². The number of carbonyl (C=O) groups is 1. The normalized spacial score (nSPS) is 17.3. The van der Waals surface area contributed by atoms with Crippen LogP contribution < -0.4 is 18.9 Å². The minimum atomic E-state index is 0.0108. The van der Waals surface area contributed by atoms with Crippen LogP contribution in [0, 0.1) is 0 Å². The Kier molecular flexibility index (Phi) is 6.04. The molecule has 170 valence electrons. The van der Waals surface area contributed by atoms with Crippen molar-refractivity contribution < 1.29 is 23.7 Å². The number of fused-ring (bicyclic) bond motifs is 2. The number of ether oxygens (including phenoxy) is 4. The van der Waals surface area contributed by atoms with Crippen molar-refractivity contribution in [3.05, 3.63) is 65.8 Å². The maximum Gasteiger partial charge on any atom is 0.246 e. The van der Waals surface area contributed by atoms with E-state index < -0.39 is 0 Å². The molecule has 0 saturated carbocycles. The van der Waals surface area contributed by atoms with Gasteiger partial charge in [0.05, 0.1) is 0 Å². The number of amides is 1. The van der Waals surface area contributed by atoms with Gasteiger partial charge in [-0.15, -0.1) is 6.58 Å². The molecule has 3 aliphatic rings. The van der Waals surface area contributed by atoms with E-state index in [-0.39, 0.29) is 19.5 Å². The first-order chi connectivity index (χ1) is 16.2. The van der Waals surface area contributed by atoms with Gasteiger partial charge in [-0.3, -0.25) is 9.69 Å². The molecule has 0 aliphatic carbocycles. The lowest BCUT2D eigenvalue weighted by atomic mass is 10.0. The van der Waals surface area contributed by atoms with Gasteiger partial charge in [-0.25, -0.2) is 0 Å². The van der Waals surface area contributed by atoms with E-state index in [0.717, 1.165) is 60.9 Å². The zero-order valence-electron chi connectivity index (χ0n) is 18.4. The lowest BCUT2D eigenvalue weighted by Gasteiger charge is -2.33. The van der Waals surface area contributed by atoms with Crippen molar-refractivity contribution in [1.82, 2.24) is 9.80 Å². The number of hydrogen-bond acceptors (Lipinski definition) is 6. The van der Waals surface area contributed by atoms with E-state index in [2.05, 4.69) is 11.5 Å². The van der Waals surface area contributed by atoms with Crippen molar-refractivity contribution in [1.29, 1.82) is 0 Å². The molecule has 3 heterocycles. The minimum absolute atomic E-state index is 0.0108. The standard InChI is InChI=1S/C26H26N2O5/c1-2-11-27-12-14-28(15-13-27)25(29)10-6-20-5-9-23-26(33-18-31-23)21(20)7-3-19-4-8-22-24(16-19)32-17-30-22/h2-10,16H,1,11-15,17-18H2/b7-3+,10-6+. The monoisotopic (exact) mass is 446 g/mol. The van der Waals surface area contributed by atoms with Crippen molar-refractivity contribution in [2.24, 2.45) is 0 Å². The molecule has 5 rings (SSSR count). The molecule has 7 heteroatoms. The van der Waals surface area contributed by atoms with Crippen LogP contribution in [0.2, 0.25) is 0 Å². The maximum absolute atomic E-state index is 12.8. The number of carbonyl (C=O) groups excluding carboxylic acids is 1. The zero-order chi connectivity index (χ0) is 22.6. The number of rotatable bonds is 6. The summed E-state index contributed by atoms with van der Waals surface area (Å²) < 4.78 is 22.1. The van der Waals surface area contributed by atoms with E-state index in [4.69, 9.17) is 18.9 Å². The lowest BCUT2D eigenvalue weighted by molar-refractivity contribution is -0.127. The van der Waals surface area contributed by atoms with Gasteiger partial charge in [-0.05, 0) is 41.5 Å². The van der Waals surface area contributed by atoms with Crippen LogP contribution in [-0.4, -0.2) is 62.0 Å². The maximum atomic E-state index is 12.8. The lowest BCUT2D eigenvalue weighted by Crippen LogP contribution is -2.48. The van der Waals surface area contributed by atoms with Gasteiger partial charge in [0.25, 0.3) is 0 Å². The molecule has 0 spiro atoms. The van der Waals surface area contributed by atoms with Gasteiger partial charge in [0.15, 0.2) is 23.0 Å². The molecule has 1 fully saturated rings. The topological polar surface area (TPSA) is 60.5 Å². The number of hydrogen-bond donors (Lipinski definition) is 0. The summed E-state index contributed by atoms with van der Waals surface area (Å²) in [6.07, 6.45) is 9.34. The molecule has 0 unspecified atom stereocenters. The predicted octanol–water partition coefficient (Wildman–Crippen LogP) is 3.66. The molecule has 0 radical (unpaired) electrons. The van der Waals surface area contributed by atoms with Gasteiger partial charge in [0, 0.05) is 44.4 Å². The highest BCUT2D eigenvalue weighted by Gasteiger charge is 2.21. The first-order valence-electron chi connectivity index (χ1n) is 11.0. The fourth-order valence-electron chi connectivity index (χ4n) is 4.12. The fourth-order valence-corrected chi connectivity index (χ4v) is 4.12. The number of benzene rings is 2. The van der Waals surface area contributed by atoms with Crippen LogP contribution >= 0.6 is 0 Å². The summed E-state index contributed by atoms with van der Waals surface area (Å²) in [6.45, 7) is 8.22. The third-order valence-electron chi connectivity index (χ3n) is 5.93. The van der Waals surface area contributed by atoms with E-state index in [0.29, 0.717) is 11.5 Å². The second kappa shape index (κ2) is 9.42. The Morgan fingerprint density at radius 3 is 2.48 bits per heavy atom. The van der Waals surface area contributed by atoms with Gasteiger partial charge in [0.2, 0.25) is 19.5 Å². The van der Waals surface area contributed by atoms with E-state index in [1.54, 1.807) is 6.08 Å². The fraction of sp³-hybridized carbons (Fsp3) is 0.269. The Hall–Kier alpha value is -3.71. The average Bonchev–Trinajstić information content (AvgIpc) is 3.51. The smallest absolute Gasteiger partial charge is 0.246 e.